The molecule has 114 valence electrons. The van der Waals surface area contributed by atoms with E-state index in [1.54, 1.807) is 0 Å². The van der Waals surface area contributed by atoms with E-state index in [1.165, 1.54) is 5.56 Å². The molecular weight excluding hydrogens is 260 g/mol. The third-order valence-corrected chi connectivity index (χ3v) is 3.75. The molecule has 0 saturated heterocycles. The second kappa shape index (κ2) is 7.38. The lowest BCUT2D eigenvalue weighted by Crippen LogP contribution is -2.36. The van der Waals surface area contributed by atoms with E-state index < -0.39 is 0 Å². The molecule has 2 aromatic rings. The van der Waals surface area contributed by atoms with Crippen molar-refractivity contribution in [3.63, 3.8) is 0 Å². The van der Waals surface area contributed by atoms with Crippen LogP contribution in [0.4, 0.5) is 0 Å². The SMILES string of the molecule is CC(C)NCC(c1ccccc1)N(C)Cc1nccn1C. The Morgan fingerprint density at radius 1 is 1.24 bits per heavy atom. The highest BCUT2D eigenvalue weighted by Crippen LogP contribution is 2.20. The molecule has 0 saturated carbocycles. The van der Waals surface area contributed by atoms with Gasteiger partial charge in [0.25, 0.3) is 0 Å². The minimum absolute atomic E-state index is 0.338. The van der Waals surface area contributed by atoms with Crippen LogP contribution in [0.5, 0.6) is 0 Å². The number of nitrogens with zero attached hydrogens (tertiary/aromatic N) is 3. The van der Waals surface area contributed by atoms with Crippen molar-refractivity contribution in [2.24, 2.45) is 7.05 Å². The van der Waals surface area contributed by atoms with Crippen LogP contribution in [0, 0.1) is 0 Å². The highest BCUT2D eigenvalue weighted by Gasteiger charge is 2.18. The Bertz CT molecular complexity index is 533. The first-order chi connectivity index (χ1) is 10.1. The summed E-state index contributed by atoms with van der Waals surface area (Å²) < 4.78 is 2.08. The average Bonchev–Trinajstić information content (AvgIpc) is 2.85. The third kappa shape index (κ3) is 4.41. The van der Waals surface area contributed by atoms with Crippen LogP contribution < -0.4 is 5.32 Å². The number of aryl methyl sites for hydroxylation is 1. The molecule has 1 heterocycles. The molecule has 0 fully saturated rings. The predicted octanol–water partition coefficient (Wildman–Crippen LogP) is 2.59. The van der Waals surface area contributed by atoms with Crippen LogP contribution >= 0.6 is 0 Å². The number of imidazole rings is 1. The van der Waals surface area contributed by atoms with E-state index in [4.69, 9.17) is 0 Å². The van der Waals surface area contributed by atoms with Crippen molar-refractivity contribution in [2.75, 3.05) is 13.6 Å². The quantitative estimate of drug-likeness (QED) is 0.849. The monoisotopic (exact) mass is 286 g/mol. The molecule has 21 heavy (non-hydrogen) atoms. The topological polar surface area (TPSA) is 33.1 Å². The van der Waals surface area contributed by atoms with Crippen LogP contribution in [0.1, 0.15) is 31.3 Å². The van der Waals surface area contributed by atoms with Crippen molar-refractivity contribution in [1.29, 1.82) is 0 Å². The Balaban J connectivity index is 2.12. The summed E-state index contributed by atoms with van der Waals surface area (Å²) in [5.41, 5.74) is 1.34. The minimum Gasteiger partial charge on any atom is -0.337 e. The molecule has 0 aliphatic rings. The van der Waals surface area contributed by atoms with Crippen molar-refractivity contribution >= 4 is 0 Å². The normalized spacial score (nSPS) is 13.0. The maximum atomic E-state index is 4.43. The van der Waals surface area contributed by atoms with Gasteiger partial charge in [-0.3, -0.25) is 4.90 Å². The summed E-state index contributed by atoms with van der Waals surface area (Å²) in [5, 5.41) is 3.55. The maximum absolute atomic E-state index is 4.43. The first kappa shape index (κ1) is 15.7. The highest BCUT2D eigenvalue weighted by molar-refractivity contribution is 5.19. The molecule has 2 rings (SSSR count). The summed E-state index contributed by atoms with van der Waals surface area (Å²) >= 11 is 0. The number of likely N-dealkylation sites (N-methyl/N-ethyl adjacent to an activating group) is 1. The van der Waals surface area contributed by atoms with Gasteiger partial charge in [-0.2, -0.15) is 0 Å². The number of aromatic nitrogens is 2. The van der Waals surface area contributed by atoms with Gasteiger partial charge >= 0.3 is 0 Å². The molecule has 0 aliphatic carbocycles. The highest BCUT2D eigenvalue weighted by atomic mass is 15.2. The van der Waals surface area contributed by atoms with Gasteiger partial charge in [0, 0.05) is 38.1 Å². The Kier molecular flexibility index (Phi) is 5.53. The molecule has 1 unspecified atom stereocenters. The summed E-state index contributed by atoms with van der Waals surface area (Å²) in [5.74, 6) is 1.09. The van der Waals surface area contributed by atoms with Gasteiger partial charge in [-0.05, 0) is 12.6 Å². The van der Waals surface area contributed by atoms with Gasteiger partial charge in [0.1, 0.15) is 5.82 Å². The fourth-order valence-electron chi connectivity index (χ4n) is 2.43. The lowest BCUT2D eigenvalue weighted by atomic mass is 10.1. The van der Waals surface area contributed by atoms with Crippen LogP contribution in [-0.4, -0.2) is 34.1 Å². The van der Waals surface area contributed by atoms with Crippen molar-refractivity contribution in [1.82, 2.24) is 19.8 Å². The first-order valence-electron chi connectivity index (χ1n) is 7.52. The lowest BCUT2D eigenvalue weighted by Gasteiger charge is -2.29. The second-order valence-electron chi connectivity index (χ2n) is 5.86. The fourth-order valence-corrected chi connectivity index (χ4v) is 2.43. The molecule has 4 heteroatoms. The first-order valence-corrected chi connectivity index (χ1v) is 7.52. The van der Waals surface area contributed by atoms with Gasteiger partial charge in [-0.1, -0.05) is 44.2 Å². The van der Waals surface area contributed by atoms with E-state index in [1.807, 2.05) is 19.4 Å². The second-order valence-corrected chi connectivity index (χ2v) is 5.86. The van der Waals surface area contributed by atoms with E-state index in [2.05, 4.69) is 71.0 Å². The standard InChI is InChI=1S/C17H26N4/c1-14(2)19-12-16(15-8-6-5-7-9-15)21(4)13-17-18-10-11-20(17)3/h5-11,14,16,19H,12-13H2,1-4H3. The van der Waals surface area contributed by atoms with Crippen LogP contribution in [0.25, 0.3) is 0 Å². The van der Waals surface area contributed by atoms with Crippen molar-refractivity contribution in [3.05, 3.63) is 54.1 Å². The average molecular weight is 286 g/mol. The lowest BCUT2D eigenvalue weighted by molar-refractivity contribution is 0.219. The van der Waals surface area contributed by atoms with Gasteiger partial charge in [-0.25, -0.2) is 4.98 Å². The van der Waals surface area contributed by atoms with E-state index in [-0.39, 0.29) is 0 Å². The predicted molar refractivity (Wildman–Crippen MR) is 87.0 cm³/mol. The summed E-state index contributed by atoms with van der Waals surface area (Å²) in [6.45, 7) is 6.13. The zero-order valence-electron chi connectivity index (χ0n) is 13.5. The maximum Gasteiger partial charge on any atom is 0.122 e. The Labute approximate surface area is 127 Å². The van der Waals surface area contributed by atoms with Gasteiger partial charge in [-0.15, -0.1) is 0 Å². The molecule has 0 bridgehead atoms. The molecule has 1 N–H and O–H groups in total. The van der Waals surface area contributed by atoms with Crippen LogP contribution in [-0.2, 0) is 13.6 Å². The molecule has 0 spiro atoms. The molecular formula is C17H26N4. The summed E-state index contributed by atoms with van der Waals surface area (Å²) in [6.07, 6.45) is 3.85. The van der Waals surface area contributed by atoms with E-state index in [9.17, 15) is 0 Å². The number of hydrogen-bond acceptors (Lipinski definition) is 3. The summed E-state index contributed by atoms with van der Waals surface area (Å²) in [4.78, 5) is 6.78. The van der Waals surface area contributed by atoms with E-state index >= 15 is 0 Å². The van der Waals surface area contributed by atoms with E-state index in [0.29, 0.717) is 12.1 Å². The molecule has 0 aliphatic heterocycles. The zero-order valence-corrected chi connectivity index (χ0v) is 13.5. The Hall–Kier alpha value is -1.65. The molecule has 1 aromatic carbocycles. The number of benzene rings is 1. The molecule has 0 amide bonds. The molecule has 1 atom stereocenters. The Morgan fingerprint density at radius 2 is 1.95 bits per heavy atom. The molecule has 1 aromatic heterocycles. The van der Waals surface area contributed by atoms with Crippen molar-refractivity contribution in [3.8, 4) is 0 Å². The van der Waals surface area contributed by atoms with Crippen LogP contribution in [0.2, 0.25) is 0 Å². The van der Waals surface area contributed by atoms with Gasteiger partial charge in [0.05, 0.1) is 6.54 Å². The van der Waals surface area contributed by atoms with E-state index in [0.717, 1.165) is 18.9 Å². The van der Waals surface area contributed by atoms with Gasteiger partial charge < -0.3 is 9.88 Å². The Morgan fingerprint density at radius 3 is 2.52 bits per heavy atom. The van der Waals surface area contributed by atoms with Crippen molar-refractivity contribution < 1.29 is 0 Å². The zero-order chi connectivity index (χ0) is 15.2. The summed E-state index contributed by atoms with van der Waals surface area (Å²) in [7, 11) is 4.20. The van der Waals surface area contributed by atoms with Crippen molar-refractivity contribution in [2.45, 2.75) is 32.5 Å². The third-order valence-electron chi connectivity index (χ3n) is 3.75. The van der Waals surface area contributed by atoms with Gasteiger partial charge in [0.15, 0.2) is 0 Å². The number of rotatable bonds is 7. The molecule has 4 nitrogen and oxygen atoms in total. The molecule has 0 radical (unpaired) electrons. The van der Waals surface area contributed by atoms with Crippen LogP contribution in [0.15, 0.2) is 42.7 Å². The smallest absolute Gasteiger partial charge is 0.122 e. The summed E-state index contributed by atoms with van der Waals surface area (Å²) in [6, 6.07) is 11.5. The number of hydrogen-bond donors (Lipinski definition) is 1. The fraction of sp³-hybridized carbons (Fsp3) is 0.471. The largest absolute Gasteiger partial charge is 0.337 e. The van der Waals surface area contributed by atoms with Gasteiger partial charge in [0.2, 0.25) is 0 Å². The van der Waals surface area contributed by atoms with Crippen LogP contribution in [0.3, 0.4) is 0 Å². The minimum atomic E-state index is 0.338. The number of nitrogens with one attached hydrogen (secondary N) is 1.